The molecule has 4 heterocycles. The fourth-order valence-electron chi connectivity index (χ4n) is 7.79. The molecule has 14 heteroatoms. The number of benzene rings is 2. The maximum atomic E-state index is 14.0. The molecule has 6 N–H and O–H groups in total. The number of carbonyl (C=O) groups is 2. The van der Waals surface area contributed by atoms with Gasteiger partial charge in [0.05, 0.1) is 30.4 Å². The van der Waals surface area contributed by atoms with E-state index in [0.29, 0.717) is 62.7 Å². The zero-order valence-corrected chi connectivity index (χ0v) is 29.5. The molecule has 1 aliphatic carbocycles. The van der Waals surface area contributed by atoms with Crippen LogP contribution in [0.3, 0.4) is 0 Å². The highest BCUT2D eigenvalue weighted by Crippen LogP contribution is 2.58. The Morgan fingerprint density at radius 3 is 2.47 bits per heavy atom. The van der Waals surface area contributed by atoms with Crippen molar-refractivity contribution in [1.29, 1.82) is 5.41 Å². The summed E-state index contributed by atoms with van der Waals surface area (Å²) in [5.41, 5.74) is 14.1. The Morgan fingerprint density at radius 1 is 1.04 bits per heavy atom. The number of rotatable bonds is 9. The lowest BCUT2D eigenvalue weighted by atomic mass is 9.85. The Morgan fingerprint density at radius 2 is 1.79 bits per heavy atom. The number of nitrogens with one attached hydrogen (secondary N) is 2. The van der Waals surface area contributed by atoms with Gasteiger partial charge in [0.2, 0.25) is 17.6 Å². The molecule has 4 aliphatic rings. The molecule has 3 aromatic rings. The van der Waals surface area contributed by atoms with Crippen molar-refractivity contribution < 1.29 is 27.8 Å². The fraction of sp³-hybridized carbons (Fsp3) is 0.385. The number of anilines is 2. The zero-order valence-electron chi connectivity index (χ0n) is 29.5. The van der Waals surface area contributed by atoms with Gasteiger partial charge >= 0.3 is 6.18 Å². The van der Waals surface area contributed by atoms with Gasteiger partial charge in [-0.2, -0.15) is 13.2 Å². The highest BCUT2D eigenvalue weighted by Gasteiger charge is 2.65. The average Bonchev–Trinajstić information content (AvgIpc) is 3.82. The number of amidine groups is 1. The molecule has 0 radical (unpaired) electrons. The molecule has 0 bridgehead atoms. The van der Waals surface area contributed by atoms with E-state index >= 15 is 0 Å². The van der Waals surface area contributed by atoms with E-state index in [1.807, 2.05) is 29.2 Å². The van der Waals surface area contributed by atoms with Gasteiger partial charge in [0, 0.05) is 60.4 Å². The second kappa shape index (κ2) is 13.9. The van der Waals surface area contributed by atoms with E-state index in [4.69, 9.17) is 16.9 Å². The van der Waals surface area contributed by atoms with Crippen LogP contribution in [-0.4, -0.2) is 97.0 Å². The van der Waals surface area contributed by atoms with E-state index in [1.165, 1.54) is 30.2 Å². The number of aliphatic imine (C=N–C) groups is 1. The minimum absolute atomic E-state index is 0.0285. The maximum absolute atomic E-state index is 14.0. The van der Waals surface area contributed by atoms with Crippen LogP contribution >= 0.6 is 0 Å². The molecule has 7 rings (SSSR count). The van der Waals surface area contributed by atoms with Crippen LogP contribution in [0.2, 0.25) is 0 Å². The number of amides is 2. The summed E-state index contributed by atoms with van der Waals surface area (Å²) < 4.78 is 41.4. The number of nitrogens with two attached hydrogens (primary N) is 2. The Balaban J connectivity index is 0.970. The topological polar surface area (TPSA) is 159 Å². The van der Waals surface area contributed by atoms with Crippen LogP contribution in [0.5, 0.6) is 0 Å². The lowest BCUT2D eigenvalue weighted by molar-refractivity contribution is -0.414. The molecule has 1 aromatic heterocycles. The Bertz CT molecular complexity index is 2040. The van der Waals surface area contributed by atoms with Gasteiger partial charge in [-0.3, -0.25) is 29.9 Å². The van der Waals surface area contributed by atoms with E-state index in [9.17, 15) is 22.8 Å². The number of halogens is 3. The van der Waals surface area contributed by atoms with E-state index in [-0.39, 0.29) is 53.9 Å². The smallest absolute Gasteiger partial charge is 0.398 e. The Labute approximate surface area is 305 Å². The van der Waals surface area contributed by atoms with Gasteiger partial charge in [-0.1, -0.05) is 18.2 Å². The van der Waals surface area contributed by atoms with E-state index in [2.05, 4.69) is 25.9 Å². The predicted octanol–water partition coefficient (Wildman–Crippen LogP) is 2.86. The first-order chi connectivity index (χ1) is 25.3. The van der Waals surface area contributed by atoms with Crippen LogP contribution in [0.25, 0.3) is 5.57 Å². The molecule has 2 amide bonds. The number of pyridine rings is 1. The third kappa shape index (κ3) is 6.83. The van der Waals surface area contributed by atoms with Gasteiger partial charge in [-0.05, 0) is 97.2 Å². The standard InChI is InChI=1S/C39H42F3N9O2/c1-46-24-48-35(45)27-4-2-25(3-5-27)26-9-16-50(17-10-26)33(52)22-49-18-13-37(23-49)14-19-51(36(37)53)29-6-7-31(43)30(21-29)34(44)28-8-15-47-32(20-28)38(11-12-38)39(40,41)42/h2-9,15,20-21,24,44H,10-14,16-19,22-23,43H2,1H3,(H2,45,46,48)/p+1/t37-/m0/s1. The number of aromatic nitrogens is 1. The van der Waals surface area contributed by atoms with Crippen LogP contribution < -0.4 is 21.4 Å². The van der Waals surface area contributed by atoms with Gasteiger partial charge in [-0.15, -0.1) is 0 Å². The molecule has 53 heavy (non-hydrogen) atoms. The number of nitrogen functional groups attached to an aromatic ring is 1. The van der Waals surface area contributed by atoms with Crippen LogP contribution in [0.1, 0.15) is 60.1 Å². The van der Waals surface area contributed by atoms with Crippen molar-refractivity contribution in [1.82, 2.24) is 14.8 Å². The zero-order chi connectivity index (χ0) is 37.5. The number of hydrogen-bond acceptors (Lipinski definition) is 6. The van der Waals surface area contributed by atoms with Gasteiger partial charge < -0.3 is 21.3 Å². The van der Waals surface area contributed by atoms with Crippen LogP contribution in [0.4, 0.5) is 24.5 Å². The first kappa shape index (κ1) is 36.0. The van der Waals surface area contributed by atoms with Gasteiger partial charge in [0.25, 0.3) is 6.34 Å². The van der Waals surface area contributed by atoms with Crippen LogP contribution in [0.15, 0.2) is 71.9 Å². The number of carbonyl (C=O) groups excluding carboxylic acids is 2. The lowest BCUT2D eigenvalue weighted by Gasteiger charge is -2.29. The first-order valence-corrected chi connectivity index (χ1v) is 17.8. The summed E-state index contributed by atoms with van der Waals surface area (Å²) in [6, 6.07) is 15.8. The van der Waals surface area contributed by atoms with E-state index in [1.54, 1.807) is 30.1 Å². The molecule has 3 fully saturated rings. The summed E-state index contributed by atoms with van der Waals surface area (Å²) in [6.07, 6.45) is 2.44. The summed E-state index contributed by atoms with van der Waals surface area (Å²) in [7, 11) is 1.76. The minimum Gasteiger partial charge on any atom is -0.398 e. The Hall–Kier alpha value is -5.37. The van der Waals surface area contributed by atoms with Gasteiger partial charge in [-0.25, -0.2) is 0 Å². The SMILES string of the molecule is C[NH+]=CN=C(N)c1ccc(C2=CCN(C(=O)CN3CC[C@]4(CCN(c5ccc(N)c(C(=N)c6ccnc(C7(C(F)(F)F)CC7)c6)c5)C4=O)C3)CC2)cc1. The molecule has 1 atom stereocenters. The number of hydrogen-bond donors (Lipinski definition) is 4. The second-order valence-corrected chi connectivity index (χ2v) is 14.4. The largest absolute Gasteiger partial charge is 0.399 e. The van der Waals surface area contributed by atoms with Crippen molar-refractivity contribution in [3.63, 3.8) is 0 Å². The molecule has 276 valence electrons. The van der Waals surface area contributed by atoms with Crippen molar-refractivity contribution in [3.05, 3.63) is 94.8 Å². The summed E-state index contributed by atoms with van der Waals surface area (Å²) in [6.45, 7) is 2.94. The molecular formula is C39H43F3N9O2+. The number of likely N-dealkylation sites (tertiary alicyclic amines) is 1. The monoisotopic (exact) mass is 726 g/mol. The molecule has 11 nitrogen and oxygen atoms in total. The highest BCUT2D eigenvalue weighted by atomic mass is 19.4. The average molecular weight is 727 g/mol. The van der Waals surface area contributed by atoms with Crippen molar-refractivity contribution in [3.8, 4) is 0 Å². The molecule has 2 aromatic carbocycles. The van der Waals surface area contributed by atoms with Crippen molar-refractivity contribution in [2.75, 3.05) is 56.9 Å². The molecule has 3 aliphatic heterocycles. The van der Waals surface area contributed by atoms with E-state index < -0.39 is 17.0 Å². The minimum atomic E-state index is -4.42. The third-order valence-corrected chi connectivity index (χ3v) is 11.2. The van der Waals surface area contributed by atoms with Crippen LogP contribution in [0, 0.1) is 10.8 Å². The van der Waals surface area contributed by atoms with Crippen molar-refractivity contribution >= 4 is 46.6 Å². The first-order valence-electron chi connectivity index (χ1n) is 17.8. The predicted molar refractivity (Wildman–Crippen MR) is 198 cm³/mol. The third-order valence-electron chi connectivity index (χ3n) is 11.2. The fourth-order valence-corrected chi connectivity index (χ4v) is 7.79. The summed E-state index contributed by atoms with van der Waals surface area (Å²) in [4.78, 5) is 44.0. The molecular weight excluding hydrogens is 683 g/mol. The summed E-state index contributed by atoms with van der Waals surface area (Å²) >= 11 is 0. The van der Waals surface area contributed by atoms with Crippen molar-refractivity contribution in [2.24, 2.45) is 16.1 Å². The van der Waals surface area contributed by atoms with Crippen LogP contribution in [-0.2, 0) is 15.0 Å². The molecule has 1 spiro atoms. The van der Waals surface area contributed by atoms with Crippen molar-refractivity contribution in [2.45, 2.75) is 43.7 Å². The van der Waals surface area contributed by atoms with Gasteiger partial charge in [0.1, 0.15) is 5.41 Å². The molecule has 1 saturated carbocycles. The quantitative estimate of drug-likeness (QED) is 0.151. The number of alkyl halides is 3. The lowest BCUT2D eigenvalue weighted by Crippen LogP contribution is -2.62. The summed E-state index contributed by atoms with van der Waals surface area (Å²) in [5, 5.41) is 8.89. The number of nitrogens with zero attached hydrogens (tertiary/aromatic N) is 5. The maximum Gasteiger partial charge on any atom is 0.399 e. The second-order valence-electron chi connectivity index (χ2n) is 14.4. The normalized spacial score (nSPS) is 21.8. The van der Waals surface area contributed by atoms with E-state index in [0.717, 1.165) is 17.5 Å². The molecule has 2 saturated heterocycles. The summed E-state index contributed by atoms with van der Waals surface area (Å²) in [5.74, 6) is 0.418. The molecule has 0 unspecified atom stereocenters. The Kier molecular flexibility index (Phi) is 9.43. The highest BCUT2D eigenvalue weighted by molar-refractivity contribution is 6.15. The van der Waals surface area contributed by atoms with Gasteiger partial charge in [0.15, 0.2) is 0 Å².